The van der Waals surface area contributed by atoms with Crippen molar-refractivity contribution in [3.63, 3.8) is 0 Å². The summed E-state index contributed by atoms with van der Waals surface area (Å²) in [6, 6.07) is 14.1. The van der Waals surface area contributed by atoms with E-state index >= 15 is 0 Å². The van der Waals surface area contributed by atoms with Crippen LogP contribution in [0.5, 0.6) is 11.5 Å². The Morgan fingerprint density at radius 1 is 1.00 bits per heavy atom. The Kier molecular flexibility index (Phi) is 5.65. The van der Waals surface area contributed by atoms with Crippen LogP contribution in [0, 0.1) is 0 Å². The Bertz CT molecular complexity index is 676. The molecule has 2 rings (SSSR count). The lowest BCUT2D eigenvalue weighted by atomic mass is 9.80. The number of aliphatic hydroxyl groups excluding tert-OH is 1. The Labute approximate surface area is 143 Å². The van der Waals surface area contributed by atoms with Gasteiger partial charge in [0.05, 0.1) is 14.2 Å². The van der Waals surface area contributed by atoms with E-state index in [1.165, 1.54) is 0 Å². The minimum Gasteiger partial charge on any atom is -0.497 e. The molecule has 2 aromatic rings. The Hall–Kier alpha value is -2.30. The summed E-state index contributed by atoms with van der Waals surface area (Å²) in [5.41, 5.74) is 0.512. The van der Waals surface area contributed by atoms with E-state index in [9.17, 15) is 10.2 Å². The molecule has 0 aromatic heterocycles. The molecule has 24 heavy (non-hydrogen) atoms. The molecule has 0 aliphatic heterocycles. The summed E-state index contributed by atoms with van der Waals surface area (Å²) in [5, 5.41) is 22.2. The van der Waals surface area contributed by atoms with E-state index in [0.29, 0.717) is 22.6 Å². The summed E-state index contributed by atoms with van der Waals surface area (Å²) in [5.74, 6) is 1.38. The van der Waals surface area contributed by atoms with Crippen LogP contribution in [0.3, 0.4) is 0 Å². The predicted molar refractivity (Wildman–Crippen MR) is 94.3 cm³/mol. The second-order valence-electron chi connectivity index (χ2n) is 5.96. The zero-order valence-corrected chi connectivity index (χ0v) is 14.3. The minimum absolute atomic E-state index is 0.243. The summed E-state index contributed by atoms with van der Waals surface area (Å²) in [6.07, 6.45) is -0.861. The maximum atomic E-state index is 11.3. The van der Waals surface area contributed by atoms with Gasteiger partial charge in [0, 0.05) is 6.42 Å². The van der Waals surface area contributed by atoms with Crippen LogP contribution in [0.25, 0.3) is 0 Å². The van der Waals surface area contributed by atoms with E-state index in [1.807, 2.05) is 6.92 Å². The van der Waals surface area contributed by atoms with Crippen molar-refractivity contribution in [1.29, 1.82) is 0 Å². The predicted octanol–water partition coefficient (Wildman–Crippen LogP) is 3.59. The number of aliphatic hydroxyl groups is 2. The molecule has 0 aliphatic carbocycles. The van der Waals surface area contributed by atoms with Gasteiger partial charge in [0.15, 0.2) is 0 Å². The SMILES string of the molecule is C=C(C)CC(O)(c1ccc(OC)cc1)C(O)c1ccc(OC)cc1. The molecule has 2 unspecified atom stereocenters. The molecule has 2 aromatic carbocycles. The highest BCUT2D eigenvalue weighted by Crippen LogP contribution is 2.40. The van der Waals surface area contributed by atoms with Crippen molar-refractivity contribution in [3.8, 4) is 11.5 Å². The van der Waals surface area contributed by atoms with Crippen LogP contribution < -0.4 is 9.47 Å². The Morgan fingerprint density at radius 3 is 1.88 bits per heavy atom. The third-order valence-electron chi connectivity index (χ3n) is 4.05. The van der Waals surface area contributed by atoms with Gasteiger partial charge in [0.25, 0.3) is 0 Å². The van der Waals surface area contributed by atoms with Gasteiger partial charge in [-0.25, -0.2) is 0 Å². The largest absolute Gasteiger partial charge is 0.497 e. The molecule has 2 atom stereocenters. The van der Waals surface area contributed by atoms with E-state index < -0.39 is 11.7 Å². The van der Waals surface area contributed by atoms with E-state index in [4.69, 9.17) is 9.47 Å². The van der Waals surface area contributed by atoms with Crippen molar-refractivity contribution in [2.45, 2.75) is 25.0 Å². The highest BCUT2D eigenvalue weighted by Gasteiger charge is 2.38. The first-order valence-corrected chi connectivity index (χ1v) is 7.74. The van der Waals surface area contributed by atoms with Crippen LogP contribution in [0.15, 0.2) is 60.7 Å². The molecule has 0 aliphatic rings. The summed E-state index contributed by atoms with van der Waals surface area (Å²) in [7, 11) is 3.17. The summed E-state index contributed by atoms with van der Waals surface area (Å²) in [6.45, 7) is 5.72. The summed E-state index contributed by atoms with van der Waals surface area (Å²) >= 11 is 0. The molecule has 0 saturated heterocycles. The van der Waals surface area contributed by atoms with Crippen molar-refractivity contribution in [1.82, 2.24) is 0 Å². The number of hydrogen-bond donors (Lipinski definition) is 2. The van der Waals surface area contributed by atoms with E-state index in [0.717, 1.165) is 5.57 Å². The summed E-state index contributed by atoms with van der Waals surface area (Å²) < 4.78 is 10.3. The van der Waals surface area contributed by atoms with Crippen LogP contribution in [-0.2, 0) is 5.60 Å². The van der Waals surface area contributed by atoms with Crippen LogP contribution in [0.1, 0.15) is 30.6 Å². The van der Waals surface area contributed by atoms with Crippen LogP contribution in [0.2, 0.25) is 0 Å². The van der Waals surface area contributed by atoms with Gasteiger partial charge in [0.2, 0.25) is 0 Å². The first-order valence-electron chi connectivity index (χ1n) is 7.74. The highest BCUT2D eigenvalue weighted by molar-refractivity contribution is 5.36. The Morgan fingerprint density at radius 2 is 1.46 bits per heavy atom. The monoisotopic (exact) mass is 328 g/mol. The van der Waals surface area contributed by atoms with Crippen LogP contribution in [-0.4, -0.2) is 24.4 Å². The molecule has 4 nitrogen and oxygen atoms in total. The number of benzene rings is 2. The van der Waals surface area contributed by atoms with Crippen molar-refractivity contribution >= 4 is 0 Å². The van der Waals surface area contributed by atoms with Crippen molar-refractivity contribution in [2.75, 3.05) is 14.2 Å². The fourth-order valence-corrected chi connectivity index (χ4v) is 2.76. The minimum atomic E-state index is -1.48. The Balaban J connectivity index is 2.42. The molecule has 0 fully saturated rings. The molecule has 0 bridgehead atoms. The number of methoxy groups -OCH3 is 2. The molecule has 0 spiro atoms. The molecule has 0 saturated carbocycles. The molecule has 0 amide bonds. The molecule has 2 N–H and O–H groups in total. The number of hydrogen-bond acceptors (Lipinski definition) is 4. The topological polar surface area (TPSA) is 58.9 Å². The van der Waals surface area contributed by atoms with Crippen molar-refractivity contribution in [3.05, 3.63) is 71.8 Å². The zero-order valence-electron chi connectivity index (χ0n) is 14.3. The van der Waals surface area contributed by atoms with Crippen molar-refractivity contribution < 1.29 is 19.7 Å². The third kappa shape index (κ3) is 3.78. The van der Waals surface area contributed by atoms with E-state index in [1.54, 1.807) is 62.8 Å². The first kappa shape index (κ1) is 18.0. The maximum absolute atomic E-state index is 11.3. The van der Waals surface area contributed by atoms with E-state index in [2.05, 4.69) is 6.58 Å². The number of rotatable bonds is 7. The third-order valence-corrected chi connectivity index (χ3v) is 4.05. The lowest BCUT2D eigenvalue weighted by molar-refractivity contribution is -0.0828. The molecular weight excluding hydrogens is 304 g/mol. The molecule has 0 heterocycles. The quantitative estimate of drug-likeness (QED) is 0.763. The van der Waals surface area contributed by atoms with Gasteiger partial charge < -0.3 is 19.7 Å². The van der Waals surface area contributed by atoms with Gasteiger partial charge in [-0.15, -0.1) is 6.58 Å². The average Bonchev–Trinajstić information content (AvgIpc) is 2.60. The standard InChI is InChI=1S/C20H24O4/c1-14(2)13-20(22,16-7-11-18(24-4)12-8-16)19(21)15-5-9-17(23-3)10-6-15/h5-12,19,21-22H,1,13H2,2-4H3. The van der Waals surface area contributed by atoms with Crippen LogP contribution in [0.4, 0.5) is 0 Å². The molecule has 4 heteroatoms. The molecular formula is C20H24O4. The lowest BCUT2D eigenvalue weighted by Gasteiger charge is -2.34. The first-order chi connectivity index (χ1) is 11.4. The van der Waals surface area contributed by atoms with Crippen LogP contribution >= 0.6 is 0 Å². The van der Waals surface area contributed by atoms with Gasteiger partial charge in [-0.2, -0.15) is 0 Å². The zero-order chi connectivity index (χ0) is 17.7. The van der Waals surface area contributed by atoms with E-state index in [-0.39, 0.29) is 6.42 Å². The summed E-state index contributed by atoms with van der Waals surface area (Å²) in [4.78, 5) is 0. The van der Waals surface area contributed by atoms with Gasteiger partial charge in [0.1, 0.15) is 23.2 Å². The number of ether oxygens (including phenoxy) is 2. The average molecular weight is 328 g/mol. The second-order valence-corrected chi connectivity index (χ2v) is 5.96. The maximum Gasteiger partial charge on any atom is 0.123 e. The fraction of sp³-hybridized carbons (Fsp3) is 0.300. The molecule has 128 valence electrons. The van der Waals surface area contributed by atoms with Gasteiger partial charge in [-0.3, -0.25) is 0 Å². The smallest absolute Gasteiger partial charge is 0.123 e. The lowest BCUT2D eigenvalue weighted by Crippen LogP contribution is -2.34. The normalized spacial score (nSPS) is 14.5. The fourth-order valence-electron chi connectivity index (χ4n) is 2.76. The van der Waals surface area contributed by atoms with Gasteiger partial charge >= 0.3 is 0 Å². The second kappa shape index (κ2) is 7.51. The molecule has 0 radical (unpaired) electrons. The van der Waals surface area contributed by atoms with Gasteiger partial charge in [-0.1, -0.05) is 29.8 Å². The highest BCUT2D eigenvalue weighted by atomic mass is 16.5. The van der Waals surface area contributed by atoms with Crippen molar-refractivity contribution in [2.24, 2.45) is 0 Å². The van der Waals surface area contributed by atoms with Gasteiger partial charge in [-0.05, 0) is 42.3 Å².